The third-order valence-electron chi connectivity index (χ3n) is 4.27. The number of aromatic nitrogens is 4. The minimum absolute atomic E-state index is 0.0861. The van der Waals surface area contributed by atoms with E-state index >= 15 is 0 Å². The Balaban J connectivity index is 1.38. The molecule has 3 heterocycles. The Kier molecular flexibility index (Phi) is 3.72. The lowest BCUT2D eigenvalue weighted by Gasteiger charge is -2.12. The van der Waals surface area contributed by atoms with Crippen LogP contribution in [-0.2, 0) is 24.8 Å². The van der Waals surface area contributed by atoms with Crippen molar-refractivity contribution >= 4 is 16.9 Å². The summed E-state index contributed by atoms with van der Waals surface area (Å²) in [6.45, 7) is 0.307. The van der Waals surface area contributed by atoms with Crippen molar-refractivity contribution in [3.05, 3.63) is 52.7 Å². The van der Waals surface area contributed by atoms with E-state index in [1.165, 1.54) is 21.8 Å². The van der Waals surface area contributed by atoms with Crippen molar-refractivity contribution in [1.82, 2.24) is 24.6 Å². The molecule has 2 aromatic heterocycles. The second-order valence-corrected chi connectivity index (χ2v) is 6.04. The summed E-state index contributed by atoms with van der Waals surface area (Å²) in [5.74, 6) is 0.607. The Morgan fingerprint density at radius 2 is 2.24 bits per heavy atom. The molecular formula is C17H17N5O3. The number of ether oxygens (including phenoxy) is 1. The van der Waals surface area contributed by atoms with Crippen molar-refractivity contribution in [3.8, 4) is 5.75 Å². The normalized spacial score (nSPS) is 15.8. The van der Waals surface area contributed by atoms with Gasteiger partial charge in [0.25, 0.3) is 5.56 Å². The zero-order valence-corrected chi connectivity index (χ0v) is 13.7. The van der Waals surface area contributed by atoms with Gasteiger partial charge in [-0.3, -0.25) is 18.8 Å². The van der Waals surface area contributed by atoms with Gasteiger partial charge < -0.3 is 10.1 Å². The van der Waals surface area contributed by atoms with Gasteiger partial charge in [0.1, 0.15) is 30.1 Å². The summed E-state index contributed by atoms with van der Waals surface area (Å²) in [5.41, 5.74) is 1.36. The van der Waals surface area contributed by atoms with Gasteiger partial charge in [-0.05, 0) is 11.6 Å². The van der Waals surface area contributed by atoms with E-state index in [1.54, 1.807) is 7.05 Å². The summed E-state index contributed by atoms with van der Waals surface area (Å²) in [6.07, 6.45) is 3.51. The lowest BCUT2D eigenvalue weighted by molar-refractivity contribution is -0.122. The Morgan fingerprint density at radius 3 is 3.08 bits per heavy atom. The van der Waals surface area contributed by atoms with Gasteiger partial charge in [0.2, 0.25) is 5.91 Å². The van der Waals surface area contributed by atoms with Crippen molar-refractivity contribution in [2.45, 2.75) is 19.1 Å². The molecule has 1 N–H and O–H groups in total. The molecule has 1 atom stereocenters. The minimum atomic E-state index is -0.280. The fourth-order valence-corrected chi connectivity index (χ4v) is 2.99. The number of amides is 1. The number of rotatable bonds is 4. The number of nitrogens with one attached hydrogen (secondary N) is 1. The first kappa shape index (κ1) is 15.4. The van der Waals surface area contributed by atoms with Crippen LogP contribution in [-0.4, -0.2) is 37.9 Å². The van der Waals surface area contributed by atoms with Gasteiger partial charge in [0.15, 0.2) is 5.65 Å². The molecule has 1 aromatic carbocycles. The zero-order chi connectivity index (χ0) is 17.4. The third kappa shape index (κ3) is 2.86. The van der Waals surface area contributed by atoms with Crippen LogP contribution in [0.3, 0.4) is 0 Å². The van der Waals surface area contributed by atoms with E-state index < -0.39 is 0 Å². The van der Waals surface area contributed by atoms with Gasteiger partial charge in [0, 0.05) is 13.5 Å². The number of carbonyl (C=O) groups excluding carboxylic acids is 1. The molecular weight excluding hydrogens is 322 g/mol. The molecule has 0 radical (unpaired) electrons. The number of benzene rings is 1. The molecule has 8 nitrogen and oxygen atoms in total. The Labute approximate surface area is 143 Å². The average molecular weight is 339 g/mol. The standard InChI is InChI=1S/C17H17N5O3/c1-21-16-13(8-20-21)17(24)22(10-19-16)9-15(23)18-7-12-6-11-4-2-3-5-14(11)25-12/h2-5,8,10,12H,6-7,9H2,1H3,(H,18,23)/t12-/m0/s1. The number of aryl methyl sites for hydroxylation is 1. The molecule has 0 saturated heterocycles. The van der Waals surface area contributed by atoms with Crippen molar-refractivity contribution < 1.29 is 9.53 Å². The molecule has 8 heteroatoms. The van der Waals surface area contributed by atoms with Gasteiger partial charge >= 0.3 is 0 Å². The summed E-state index contributed by atoms with van der Waals surface area (Å²) in [5, 5.41) is 7.22. The smallest absolute Gasteiger partial charge is 0.264 e. The molecule has 0 fully saturated rings. The number of hydrogen-bond acceptors (Lipinski definition) is 5. The van der Waals surface area contributed by atoms with Crippen molar-refractivity contribution in [3.63, 3.8) is 0 Å². The van der Waals surface area contributed by atoms with Crippen LogP contribution in [0.25, 0.3) is 11.0 Å². The van der Waals surface area contributed by atoms with Crippen LogP contribution >= 0.6 is 0 Å². The fraction of sp³-hybridized carbons (Fsp3) is 0.294. The molecule has 1 amide bonds. The minimum Gasteiger partial charge on any atom is -0.488 e. The molecule has 3 aromatic rings. The molecule has 25 heavy (non-hydrogen) atoms. The quantitative estimate of drug-likeness (QED) is 0.736. The van der Waals surface area contributed by atoms with Crippen LogP contribution in [0.2, 0.25) is 0 Å². The predicted octanol–water partition coefficient (Wildman–Crippen LogP) is 0.250. The van der Waals surface area contributed by atoms with Crippen molar-refractivity contribution in [1.29, 1.82) is 0 Å². The van der Waals surface area contributed by atoms with Crippen LogP contribution in [0.5, 0.6) is 5.75 Å². The number of nitrogens with zero attached hydrogens (tertiary/aromatic N) is 4. The zero-order valence-electron chi connectivity index (χ0n) is 13.7. The maximum absolute atomic E-state index is 12.4. The largest absolute Gasteiger partial charge is 0.488 e. The van der Waals surface area contributed by atoms with Crippen LogP contribution in [0.1, 0.15) is 5.56 Å². The van der Waals surface area contributed by atoms with Gasteiger partial charge in [-0.2, -0.15) is 5.10 Å². The topological polar surface area (TPSA) is 91.0 Å². The fourth-order valence-electron chi connectivity index (χ4n) is 2.99. The lowest BCUT2D eigenvalue weighted by Crippen LogP contribution is -2.38. The van der Waals surface area contributed by atoms with E-state index in [0.717, 1.165) is 17.7 Å². The van der Waals surface area contributed by atoms with Gasteiger partial charge in [0.05, 0.1) is 12.7 Å². The third-order valence-corrected chi connectivity index (χ3v) is 4.27. The molecule has 128 valence electrons. The predicted molar refractivity (Wildman–Crippen MR) is 90.3 cm³/mol. The Hall–Kier alpha value is -3.16. The summed E-state index contributed by atoms with van der Waals surface area (Å²) in [7, 11) is 1.71. The van der Waals surface area contributed by atoms with E-state index in [9.17, 15) is 9.59 Å². The van der Waals surface area contributed by atoms with Gasteiger partial charge in [-0.1, -0.05) is 18.2 Å². The Morgan fingerprint density at radius 1 is 1.40 bits per heavy atom. The highest BCUT2D eigenvalue weighted by Crippen LogP contribution is 2.27. The first-order chi connectivity index (χ1) is 12.1. The molecule has 4 rings (SSSR count). The molecule has 0 saturated carbocycles. The molecule has 1 aliphatic rings. The SMILES string of the molecule is Cn1ncc2c(=O)n(CC(=O)NC[C@@H]3Cc4ccccc4O3)cnc21. The van der Waals surface area contributed by atoms with E-state index in [2.05, 4.69) is 15.4 Å². The summed E-state index contributed by atoms with van der Waals surface area (Å²) in [4.78, 5) is 28.7. The highest BCUT2D eigenvalue weighted by atomic mass is 16.5. The number of para-hydroxylation sites is 1. The summed E-state index contributed by atoms with van der Waals surface area (Å²) >= 11 is 0. The molecule has 0 bridgehead atoms. The van der Waals surface area contributed by atoms with Crippen LogP contribution in [0.15, 0.2) is 41.6 Å². The van der Waals surface area contributed by atoms with E-state index in [-0.39, 0.29) is 24.1 Å². The monoisotopic (exact) mass is 339 g/mol. The van der Waals surface area contributed by atoms with E-state index in [0.29, 0.717) is 17.6 Å². The Bertz CT molecular complexity index is 982. The van der Waals surface area contributed by atoms with Crippen LogP contribution in [0.4, 0.5) is 0 Å². The van der Waals surface area contributed by atoms with Crippen LogP contribution in [0, 0.1) is 0 Å². The molecule has 0 aliphatic carbocycles. The van der Waals surface area contributed by atoms with E-state index in [4.69, 9.17) is 4.74 Å². The van der Waals surface area contributed by atoms with E-state index in [1.807, 2.05) is 24.3 Å². The average Bonchev–Trinajstić information content (AvgIpc) is 3.19. The van der Waals surface area contributed by atoms with Gasteiger partial charge in [-0.15, -0.1) is 0 Å². The van der Waals surface area contributed by atoms with Crippen molar-refractivity contribution in [2.24, 2.45) is 7.05 Å². The second-order valence-electron chi connectivity index (χ2n) is 6.04. The number of fused-ring (bicyclic) bond motifs is 2. The van der Waals surface area contributed by atoms with Gasteiger partial charge in [-0.25, -0.2) is 4.98 Å². The van der Waals surface area contributed by atoms with Crippen LogP contribution < -0.4 is 15.6 Å². The first-order valence-corrected chi connectivity index (χ1v) is 8.00. The molecule has 1 aliphatic heterocycles. The second kappa shape index (κ2) is 6.04. The molecule has 0 spiro atoms. The lowest BCUT2D eigenvalue weighted by atomic mass is 10.1. The maximum Gasteiger partial charge on any atom is 0.264 e. The summed E-state index contributed by atoms with van der Waals surface area (Å²) < 4.78 is 8.59. The number of hydrogen-bond donors (Lipinski definition) is 1. The maximum atomic E-state index is 12.4. The first-order valence-electron chi connectivity index (χ1n) is 8.00. The van der Waals surface area contributed by atoms with Crippen molar-refractivity contribution in [2.75, 3.05) is 6.54 Å². The molecule has 0 unspecified atom stereocenters. The summed E-state index contributed by atoms with van der Waals surface area (Å²) in [6, 6.07) is 7.84. The highest BCUT2D eigenvalue weighted by Gasteiger charge is 2.22. The number of carbonyl (C=O) groups is 1. The highest BCUT2D eigenvalue weighted by molar-refractivity contribution is 5.77.